The lowest BCUT2D eigenvalue weighted by Crippen LogP contribution is -1.97. The van der Waals surface area contributed by atoms with Crippen molar-refractivity contribution < 1.29 is 4.74 Å². The van der Waals surface area contributed by atoms with Gasteiger partial charge in [0.25, 0.3) is 0 Å². The van der Waals surface area contributed by atoms with E-state index in [2.05, 4.69) is 9.97 Å². The summed E-state index contributed by atoms with van der Waals surface area (Å²) in [6.07, 6.45) is 0.0207. The van der Waals surface area contributed by atoms with Crippen LogP contribution in [0.3, 0.4) is 0 Å². The van der Waals surface area contributed by atoms with Gasteiger partial charge in [-0.05, 0) is 19.1 Å². The van der Waals surface area contributed by atoms with Crippen LogP contribution in [0.4, 0.5) is 0 Å². The number of fused-ring (bicyclic) bond motifs is 1. The number of methoxy groups -OCH3 is 1. The highest BCUT2D eigenvalue weighted by atomic mass is 16.5. The topological polar surface area (TPSA) is 37.9 Å². The zero-order valence-corrected chi connectivity index (χ0v) is 7.74. The molecule has 1 N–H and O–H groups in total. The first-order chi connectivity index (χ1) is 6.31. The van der Waals surface area contributed by atoms with Crippen molar-refractivity contribution in [3.05, 3.63) is 30.1 Å². The van der Waals surface area contributed by atoms with Gasteiger partial charge in [-0.25, -0.2) is 4.98 Å². The number of ether oxygens (including phenoxy) is 1. The Hall–Kier alpha value is -1.35. The highest BCUT2D eigenvalue weighted by molar-refractivity contribution is 5.74. The molecule has 0 spiro atoms. The summed E-state index contributed by atoms with van der Waals surface area (Å²) in [5, 5.41) is 0. The maximum absolute atomic E-state index is 5.17. The van der Waals surface area contributed by atoms with Crippen LogP contribution in [0.5, 0.6) is 0 Å². The van der Waals surface area contributed by atoms with E-state index in [1.165, 1.54) is 0 Å². The number of aromatic nitrogens is 2. The zero-order chi connectivity index (χ0) is 9.26. The van der Waals surface area contributed by atoms with Gasteiger partial charge in [-0.1, -0.05) is 12.1 Å². The van der Waals surface area contributed by atoms with E-state index in [1.807, 2.05) is 31.2 Å². The van der Waals surface area contributed by atoms with Crippen molar-refractivity contribution in [2.75, 3.05) is 7.11 Å². The van der Waals surface area contributed by atoms with Crippen LogP contribution in [0.1, 0.15) is 18.9 Å². The van der Waals surface area contributed by atoms with Gasteiger partial charge in [-0.3, -0.25) is 0 Å². The van der Waals surface area contributed by atoms with Gasteiger partial charge >= 0.3 is 0 Å². The molecule has 68 valence electrons. The first-order valence-corrected chi connectivity index (χ1v) is 4.28. The Morgan fingerprint density at radius 3 is 2.85 bits per heavy atom. The van der Waals surface area contributed by atoms with Crippen molar-refractivity contribution in [1.82, 2.24) is 9.97 Å². The van der Waals surface area contributed by atoms with Crippen LogP contribution in [0.25, 0.3) is 11.0 Å². The van der Waals surface area contributed by atoms with Crippen molar-refractivity contribution in [1.29, 1.82) is 0 Å². The summed E-state index contributed by atoms with van der Waals surface area (Å²) in [5.41, 5.74) is 2.04. The molecule has 1 heterocycles. The summed E-state index contributed by atoms with van der Waals surface area (Å²) in [5.74, 6) is 0.878. The van der Waals surface area contributed by atoms with E-state index in [0.717, 1.165) is 16.9 Å². The summed E-state index contributed by atoms with van der Waals surface area (Å²) in [6, 6.07) is 7.96. The first kappa shape index (κ1) is 8.26. The molecule has 1 atom stereocenters. The Morgan fingerprint density at radius 2 is 2.15 bits per heavy atom. The van der Waals surface area contributed by atoms with Gasteiger partial charge in [0.15, 0.2) is 0 Å². The number of nitrogens with zero attached hydrogens (tertiary/aromatic N) is 1. The Kier molecular flexibility index (Phi) is 2.02. The number of nitrogens with one attached hydrogen (secondary N) is 1. The molecule has 0 amide bonds. The van der Waals surface area contributed by atoms with E-state index < -0.39 is 0 Å². The minimum Gasteiger partial charge on any atom is -0.374 e. The molecular weight excluding hydrogens is 164 g/mol. The normalized spacial score (nSPS) is 13.4. The molecule has 0 saturated heterocycles. The number of hydrogen-bond acceptors (Lipinski definition) is 2. The number of benzene rings is 1. The fraction of sp³-hybridized carbons (Fsp3) is 0.300. The molecule has 2 aromatic rings. The lowest BCUT2D eigenvalue weighted by atomic mass is 10.3. The minimum atomic E-state index is 0.0207. The molecule has 0 radical (unpaired) electrons. The molecular formula is C10H12N2O. The lowest BCUT2D eigenvalue weighted by Gasteiger charge is -2.03. The fourth-order valence-electron chi connectivity index (χ4n) is 1.28. The predicted octanol–water partition coefficient (Wildman–Crippen LogP) is 2.27. The smallest absolute Gasteiger partial charge is 0.136 e. The molecule has 0 saturated carbocycles. The minimum absolute atomic E-state index is 0.0207. The molecule has 0 bridgehead atoms. The third-order valence-electron chi connectivity index (χ3n) is 2.15. The molecule has 0 fully saturated rings. The molecule has 2 rings (SSSR count). The van der Waals surface area contributed by atoms with Gasteiger partial charge in [0, 0.05) is 7.11 Å². The van der Waals surface area contributed by atoms with Gasteiger partial charge in [0.05, 0.1) is 11.0 Å². The summed E-state index contributed by atoms with van der Waals surface area (Å²) >= 11 is 0. The van der Waals surface area contributed by atoms with Gasteiger partial charge in [0.1, 0.15) is 11.9 Å². The first-order valence-electron chi connectivity index (χ1n) is 4.28. The molecule has 0 aliphatic rings. The quantitative estimate of drug-likeness (QED) is 0.762. The van der Waals surface area contributed by atoms with Crippen LogP contribution in [0.2, 0.25) is 0 Å². The third-order valence-corrected chi connectivity index (χ3v) is 2.15. The molecule has 1 aromatic heterocycles. The standard InChI is InChI=1S/C10H12N2O/c1-7(13-2)10-11-8-5-3-4-6-9(8)12-10/h3-7H,1-2H3,(H,11,12). The third kappa shape index (κ3) is 1.42. The van der Waals surface area contributed by atoms with E-state index in [4.69, 9.17) is 4.74 Å². The number of H-pyrrole nitrogens is 1. The number of para-hydroxylation sites is 2. The SMILES string of the molecule is COC(C)c1nc2ccccc2[nH]1. The highest BCUT2D eigenvalue weighted by Crippen LogP contribution is 2.16. The molecule has 3 nitrogen and oxygen atoms in total. The van der Waals surface area contributed by atoms with Crippen molar-refractivity contribution in [2.24, 2.45) is 0 Å². The molecule has 1 unspecified atom stereocenters. The average molecular weight is 176 g/mol. The summed E-state index contributed by atoms with van der Waals surface area (Å²) in [4.78, 5) is 7.61. The highest BCUT2D eigenvalue weighted by Gasteiger charge is 2.08. The predicted molar refractivity (Wildman–Crippen MR) is 51.5 cm³/mol. The molecule has 3 heteroatoms. The van der Waals surface area contributed by atoms with Crippen molar-refractivity contribution in [3.8, 4) is 0 Å². The van der Waals surface area contributed by atoms with Crippen LogP contribution < -0.4 is 0 Å². The van der Waals surface area contributed by atoms with Gasteiger partial charge in [-0.15, -0.1) is 0 Å². The number of aromatic amines is 1. The maximum atomic E-state index is 5.17. The number of imidazole rings is 1. The van der Waals surface area contributed by atoms with Crippen molar-refractivity contribution in [3.63, 3.8) is 0 Å². The van der Waals surface area contributed by atoms with E-state index >= 15 is 0 Å². The summed E-state index contributed by atoms with van der Waals surface area (Å²) in [7, 11) is 1.68. The second-order valence-electron chi connectivity index (χ2n) is 3.02. The molecule has 0 aliphatic carbocycles. The maximum Gasteiger partial charge on any atom is 0.136 e. The van der Waals surface area contributed by atoms with E-state index in [9.17, 15) is 0 Å². The second-order valence-corrected chi connectivity index (χ2v) is 3.02. The average Bonchev–Trinajstić information content (AvgIpc) is 2.59. The summed E-state index contributed by atoms with van der Waals surface area (Å²) < 4.78 is 5.17. The van der Waals surface area contributed by atoms with Crippen LogP contribution in [0, 0.1) is 0 Å². The fourth-order valence-corrected chi connectivity index (χ4v) is 1.28. The van der Waals surface area contributed by atoms with Gasteiger partial charge in [0.2, 0.25) is 0 Å². The van der Waals surface area contributed by atoms with Crippen molar-refractivity contribution in [2.45, 2.75) is 13.0 Å². The van der Waals surface area contributed by atoms with Crippen LogP contribution in [-0.2, 0) is 4.74 Å². The zero-order valence-electron chi connectivity index (χ0n) is 7.74. The molecule has 1 aromatic carbocycles. The second kappa shape index (κ2) is 3.18. The van der Waals surface area contributed by atoms with Crippen LogP contribution >= 0.6 is 0 Å². The largest absolute Gasteiger partial charge is 0.374 e. The molecule has 13 heavy (non-hydrogen) atoms. The Balaban J connectivity index is 2.49. The van der Waals surface area contributed by atoms with E-state index in [-0.39, 0.29) is 6.10 Å². The van der Waals surface area contributed by atoms with Crippen LogP contribution in [-0.4, -0.2) is 17.1 Å². The molecule has 0 aliphatic heterocycles. The lowest BCUT2D eigenvalue weighted by molar-refractivity contribution is 0.113. The van der Waals surface area contributed by atoms with Gasteiger partial charge in [-0.2, -0.15) is 0 Å². The Morgan fingerprint density at radius 1 is 1.38 bits per heavy atom. The van der Waals surface area contributed by atoms with E-state index in [1.54, 1.807) is 7.11 Å². The Bertz CT molecular complexity index is 375. The number of rotatable bonds is 2. The Labute approximate surface area is 76.8 Å². The number of hydrogen-bond donors (Lipinski definition) is 1. The summed E-state index contributed by atoms with van der Waals surface area (Å²) in [6.45, 7) is 1.97. The van der Waals surface area contributed by atoms with Crippen molar-refractivity contribution >= 4 is 11.0 Å². The monoisotopic (exact) mass is 176 g/mol. The van der Waals surface area contributed by atoms with E-state index in [0.29, 0.717) is 0 Å². The van der Waals surface area contributed by atoms with Crippen LogP contribution in [0.15, 0.2) is 24.3 Å². The van der Waals surface area contributed by atoms with Gasteiger partial charge < -0.3 is 9.72 Å².